The molecule has 0 aliphatic heterocycles. The number of fused-ring (bicyclic) bond motifs is 1. The minimum absolute atomic E-state index is 0.0490. The van der Waals surface area contributed by atoms with E-state index in [0.29, 0.717) is 16.6 Å². The number of carbonyl (C=O) groups is 2. The molecule has 0 spiro atoms. The quantitative estimate of drug-likeness (QED) is 0.461. The largest absolute Gasteiger partial charge is 0.508 e. The smallest absolute Gasteiger partial charge is 0.336 e. The van der Waals surface area contributed by atoms with Crippen LogP contribution in [0.3, 0.4) is 0 Å². The number of rotatable bonds is 5. The number of phenols is 1. The molecule has 0 bridgehead atoms. The number of hydrogen-bond acceptors (Lipinski definition) is 6. The van der Waals surface area contributed by atoms with Crippen molar-refractivity contribution in [3.8, 4) is 5.75 Å². The molecule has 0 saturated carbocycles. The molecule has 0 saturated heterocycles. The average Bonchev–Trinajstić information content (AvgIpc) is 2.65. The van der Waals surface area contributed by atoms with Gasteiger partial charge in [-0.15, -0.1) is 0 Å². The molecule has 0 unspecified atom stereocenters. The van der Waals surface area contributed by atoms with Gasteiger partial charge in [0.1, 0.15) is 24.0 Å². The Labute approximate surface area is 159 Å². The summed E-state index contributed by atoms with van der Waals surface area (Å²) in [6, 6.07) is 12.9. The van der Waals surface area contributed by atoms with Crippen LogP contribution in [-0.4, -0.2) is 23.1 Å². The number of benzene rings is 2. The van der Waals surface area contributed by atoms with Gasteiger partial charge in [-0.1, -0.05) is 18.2 Å². The Morgan fingerprint density at radius 1 is 1.14 bits per heavy atom. The van der Waals surface area contributed by atoms with E-state index in [1.165, 1.54) is 25.1 Å². The van der Waals surface area contributed by atoms with E-state index in [4.69, 9.17) is 9.15 Å². The maximum Gasteiger partial charge on any atom is 0.336 e. The molecule has 28 heavy (non-hydrogen) atoms. The van der Waals surface area contributed by atoms with Gasteiger partial charge in [0, 0.05) is 28.8 Å². The second kappa shape index (κ2) is 8.26. The van der Waals surface area contributed by atoms with E-state index < -0.39 is 23.7 Å². The normalized spacial score (nSPS) is 11.6. The lowest BCUT2D eigenvalue weighted by Gasteiger charge is -2.14. The van der Waals surface area contributed by atoms with Gasteiger partial charge >= 0.3 is 17.6 Å². The van der Waals surface area contributed by atoms with Crippen LogP contribution in [0.1, 0.15) is 12.5 Å². The van der Waals surface area contributed by atoms with E-state index in [2.05, 4.69) is 10.6 Å². The Morgan fingerprint density at radius 2 is 1.89 bits per heavy atom. The molecular formula is C20H18N2O6. The van der Waals surface area contributed by atoms with Crippen molar-refractivity contribution in [3.63, 3.8) is 0 Å². The summed E-state index contributed by atoms with van der Waals surface area (Å²) in [7, 11) is 0. The minimum Gasteiger partial charge on any atom is -0.508 e. The highest BCUT2D eigenvalue weighted by Crippen LogP contribution is 2.22. The Hall–Kier alpha value is -3.81. The molecular weight excluding hydrogens is 364 g/mol. The molecule has 3 rings (SSSR count). The third kappa shape index (κ3) is 4.67. The van der Waals surface area contributed by atoms with Crippen LogP contribution < -0.4 is 16.3 Å². The molecule has 3 aromatic rings. The molecule has 2 amide bonds. The van der Waals surface area contributed by atoms with E-state index in [0.717, 1.165) is 0 Å². The lowest BCUT2D eigenvalue weighted by atomic mass is 10.1. The van der Waals surface area contributed by atoms with Crippen LogP contribution >= 0.6 is 0 Å². The van der Waals surface area contributed by atoms with Crippen molar-refractivity contribution < 1.29 is 23.8 Å². The standard InChI is InChI=1S/C20H18N2O6/c1-12(21-20(26)22-14-5-3-2-4-6-14)19(25)27-11-13-9-18(24)28-17-10-15(23)7-8-16(13)17/h2-10,12,23H,11H2,1H3,(H2,21,22,26)/t12-/m0/s1. The summed E-state index contributed by atoms with van der Waals surface area (Å²) in [4.78, 5) is 35.8. The van der Waals surface area contributed by atoms with E-state index in [9.17, 15) is 19.5 Å². The van der Waals surface area contributed by atoms with Crippen LogP contribution in [0.5, 0.6) is 5.75 Å². The zero-order valence-electron chi connectivity index (χ0n) is 15.0. The Morgan fingerprint density at radius 3 is 2.64 bits per heavy atom. The van der Waals surface area contributed by atoms with Gasteiger partial charge < -0.3 is 24.9 Å². The Bertz CT molecular complexity index is 1060. The first-order valence-corrected chi connectivity index (χ1v) is 8.47. The van der Waals surface area contributed by atoms with Crippen molar-refractivity contribution in [1.82, 2.24) is 5.32 Å². The van der Waals surface area contributed by atoms with Gasteiger partial charge in [0.05, 0.1) is 0 Å². The van der Waals surface area contributed by atoms with Gasteiger partial charge in [0.25, 0.3) is 0 Å². The highest BCUT2D eigenvalue weighted by atomic mass is 16.5. The highest BCUT2D eigenvalue weighted by Gasteiger charge is 2.18. The highest BCUT2D eigenvalue weighted by molar-refractivity contribution is 5.92. The number of hydrogen-bond donors (Lipinski definition) is 3. The lowest BCUT2D eigenvalue weighted by Crippen LogP contribution is -2.41. The molecule has 0 aliphatic rings. The molecule has 1 aromatic heterocycles. The van der Waals surface area contributed by atoms with Crippen LogP contribution in [0.25, 0.3) is 11.0 Å². The van der Waals surface area contributed by atoms with E-state index in [1.54, 1.807) is 30.3 Å². The lowest BCUT2D eigenvalue weighted by molar-refractivity contribution is -0.146. The zero-order valence-corrected chi connectivity index (χ0v) is 15.0. The van der Waals surface area contributed by atoms with Crippen molar-refractivity contribution in [2.45, 2.75) is 19.6 Å². The molecule has 2 aromatic carbocycles. The molecule has 144 valence electrons. The van der Waals surface area contributed by atoms with E-state index >= 15 is 0 Å². The number of amides is 2. The topological polar surface area (TPSA) is 118 Å². The SMILES string of the molecule is C[C@H](NC(=O)Nc1ccccc1)C(=O)OCc1cc(=O)oc2cc(O)ccc12. The number of urea groups is 1. The summed E-state index contributed by atoms with van der Waals surface area (Å²) in [5.74, 6) is -0.713. The molecule has 1 atom stereocenters. The first kappa shape index (κ1) is 19.0. The predicted octanol–water partition coefficient (Wildman–Crippen LogP) is 2.75. The van der Waals surface area contributed by atoms with Crippen LogP contribution in [0, 0.1) is 0 Å². The number of esters is 1. The van der Waals surface area contributed by atoms with Crippen molar-refractivity contribution in [1.29, 1.82) is 0 Å². The Balaban J connectivity index is 1.61. The molecule has 1 heterocycles. The summed E-state index contributed by atoms with van der Waals surface area (Å²) in [5, 5.41) is 15.1. The van der Waals surface area contributed by atoms with Gasteiger partial charge in [-0.25, -0.2) is 14.4 Å². The fraction of sp³-hybridized carbons (Fsp3) is 0.150. The number of para-hydroxylation sites is 1. The Kier molecular flexibility index (Phi) is 5.59. The van der Waals surface area contributed by atoms with Gasteiger partial charge in [-0.05, 0) is 31.2 Å². The molecule has 3 N–H and O–H groups in total. The first-order chi connectivity index (χ1) is 13.4. The average molecular weight is 382 g/mol. The maximum absolute atomic E-state index is 12.2. The molecule has 8 nitrogen and oxygen atoms in total. The van der Waals surface area contributed by atoms with Crippen LogP contribution in [0.15, 0.2) is 63.8 Å². The summed E-state index contributed by atoms with van der Waals surface area (Å²) < 4.78 is 10.2. The van der Waals surface area contributed by atoms with Crippen LogP contribution in [0.2, 0.25) is 0 Å². The number of anilines is 1. The zero-order chi connectivity index (χ0) is 20.1. The van der Waals surface area contributed by atoms with Crippen LogP contribution in [0.4, 0.5) is 10.5 Å². The van der Waals surface area contributed by atoms with E-state index in [1.807, 2.05) is 6.07 Å². The molecule has 8 heteroatoms. The maximum atomic E-state index is 12.2. The number of nitrogens with one attached hydrogen (secondary N) is 2. The molecule has 0 radical (unpaired) electrons. The summed E-state index contributed by atoms with van der Waals surface area (Å²) in [6.45, 7) is 1.31. The van der Waals surface area contributed by atoms with Crippen molar-refractivity contribution >= 4 is 28.7 Å². The summed E-state index contributed by atoms with van der Waals surface area (Å²) >= 11 is 0. The predicted molar refractivity (Wildman–Crippen MR) is 102 cm³/mol. The third-order valence-corrected chi connectivity index (χ3v) is 3.92. The van der Waals surface area contributed by atoms with Gasteiger partial charge in [-0.2, -0.15) is 0 Å². The second-order valence-electron chi connectivity index (χ2n) is 6.07. The minimum atomic E-state index is -0.904. The van der Waals surface area contributed by atoms with Gasteiger partial charge in [0.2, 0.25) is 0 Å². The number of ether oxygens (including phenoxy) is 1. The monoisotopic (exact) mass is 382 g/mol. The number of aromatic hydroxyl groups is 1. The number of carbonyl (C=O) groups excluding carboxylic acids is 2. The fourth-order valence-electron chi connectivity index (χ4n) is 2.56. The number of phenolic OH excluding ortho intramolecular Hbond substituents is 1. The summed E-state index contributed by atoms with van der Waals surface area (Å²) in [5.41, 5.74) is 0.580. The molecule has 0 aliphatic carbocycles. The van der Waals surface area contributed by atoms with Crippen molar-refractivity contribution in [2.24, 2.45) is 0 Å². The van der Waals surface area contributed by atoms with Crippen molar-refractivity contribution in [2.75, 3.05) is 5.32 Å². The van der Waals surface area contributed by atoms with E-state index in [-0.39, 0.29) is 17.9 Å². The second-order valence-corrected chi connectivity index (χ2v) is 6.07. The van der Waals surface area contributed by atoms with Crippen molar-refractivity contribution in [3.05, 3.63) is 70.6 Å². The molecule has 0 fully saturated rings. The first-order valence-electron chi connectivity index (χ1n) is 8.47. The summed E-state index contributed by atoms with van der Waals surface area (Å²) in [6.07, 6.45) is 0. The third-order valence-electron chi connectivity index (χ3n) is 3.92. The van der Waals surface area contributed by atoms with Gasteiger partial charge in [-0.3, -0.25) is 0 Å². The fourth-order valence-corrected chi connectivity index (χ4v) is 2.56. The van der Waals surface area contributed by atoms with Gasteiger partial charge in [0.15, 0.2) is 0 Å². The van der Waals surface area contributed by atoms with Crippen LogP contribution in [-0.2, 0) is 16.1 Å².